The van der Waals surface area contributed by atoms with Gasteiger partial charge in [-0.1, -0.05) is 176 Å². The number of carbonyl (C=O) groups is 1. The molecule has 4 atom stereocenters. The first-order chi connectivity index (χ1) is 28.3. The molecule has 0 spiro atoms. The summed E-state index contributed by atoms with van der Waals surface area (Å²) in [6, 6.07) is 0. The van der Waals surface area contributed by atoms with Crippen LogP contribution in [0.15, 0.2) is 72.9 Å². The molecule has 0 aliphatic rings. The molecule has 0 aromatic heterocycles. The molecule has 11 heteroatoms. The second-order valence-electron chi connectivity index (χ2n) is 16.5. The van der Waals surface area contributed by atoms with Gasteiger partial charge in [0.15, 0.2) is 0 Å². The number of unbranched alkanes of at least 4 members (excludes halogenated alkanes) is 15. The Morgan fingerprint density at radius 3 is 1.78 bits per heavy atom. The molecule has 59 heavy (non-hydrogen) atoms. The van der Waals surface area contributed by atoms with Crippen LogP contribution in [0, 0.1) is 0 Å². The third-order valence-corrected chi connectivity index (χ3v) is 10.4. The van der Waals surface area contributed by atoms with Gasteiger partial charge in [0, 0.05) is 13.0 Å². The second kappa shape index (κ2) is 40.0. The summed E-state index contributed by atoms with van der Waals surface area (Å²) in [5, 5.41) is 19.2. The average molecular weight is 853 g/mol. The molecule has 0 saturated carbocycles. The van der Waals surface area contributed by atoms with Gasteiger partial charge >= 0.3 is 13.8 Å². The number of nitrogens with zero attached hydrogens (tertiary/aromatic N) is 1. The zero-order valence-electron chi connectivity index (χ0n) is 37.9. The molecule has 0 saturated heterocycles. The predicted molar refractivity (Wildman–Crippen MR) is 245 cm³/mol. The predicted octanol–water partition coefficient (Wildman–Crippen LogP) is 11.4. The molecule has 3 N–H and O–H groups in total. The fourth-order valence-electron chi connectivity index (χ4n) is 5.85. The highest BCUT2D eigenvalue weighted by molar-refractivity contribution is 7.47. The van der Waals surface area contributed by atoms with Crippen molar-refractivity contribution in [3.8, 4) is 0 Å². The van der Waals surface area contributed by atoms with Gasteiger partial charge in [0.2, 0.25) is 0 Å². The number of aliphatic hydroxyl groups excluding tert-OH is 2. The summed E-state index contributed by atoms with van der Waals surface area (Å²) in [6.07, 6.45) is 45.5. The molecule has 0 radical (unpaired) electrons. The van der Waals surface area contributed by atoms with Gasteiger partial charge in [-0.25, -0.2) is 4.57 Å². The maximum absolute atomic E-state index is 12.7. The van der Waals surface area contributed by atoms with Crippen LogP contribution in [0.25, 0.3) is 0 Å². The third-order valence-electron chi connectivity index (χ3n) is 9.39. The van der Waals surface area contributed by atoms with E-state index < -0.39 is 32.1 Å². The fourth-order valence-corrected chi connectivity index (χ4v) is 6.59. The molecule has 0 aromatic carbocycles. The number of phosphoric ester groups is 1. The summed E-state index contributed by atoms with van der Waals surface area (Å²) in [7, 11) is 1.57. The van der Waals surface area contributed by atoms with E-state index in [4.69, 9.17) is 18.5 Å². The Bertz CT molecular complexity index is 1210. The van der Waals surface area contributed by atoms with Crippen molar-refractivity contribution < 1.29 is 47.5 Å². The van der Waals surface area contributed by atoms with Gasteiger partial charge in [-0.3, -0.25) is 13.8 Å². The van der Waals surface area contributed by atoms with Crippen molar-refractivity contribution >= 4 is 13.8 Å². The van der Waals surface area contributed by atoms with E-state index in [-0.39, 0.29) is 26.2 Å². The van der Waals surface area contributed by atoms with Gasteiger partial charge in [-0.05, 0) is 45.4 Å². The molecular formula is C48H87NO9P+. The van der Waals surface area contributed by atoms with Crippen LogP contribution < -0.4 is 0 Å². The minimum absolute atomic E-state index is 0.0586. The molecule has 0 rings (SSSR count). The summed E-state index contributed by atoms with van der Waals surface area (Å²) in [5.41, 5.74) is 0. The van der Waals surface area contributed by atoms with E-state index in [1.165, 1.54) is 89.9 Å². The van der Waals surface area contributed by atoms with Crippen LogP contribution in [0.4, 0.5) is 0 Å². The molecule has 0 aliphatic heterocycles. The molecule has 0 heterocycles. The van der Waals surface area contributed by atoms with Crippen molar-refractivity contribution in [2.24, 2.45) is 0 Å². The Labute approximate surface area is 360 Å². The monoisotopic (exact) mass is 853 g/mol. The number of quaternary nitrogens is 1. The zero-order chi connectivity index (χ0) is 43.7. The number of rotatable bonds is 41. The number of hydrogen-bond donors (Lipinski definition) is 3. The number of ether oxygens (including phenoxy) is 2. The van der Waals surface area contributed by atoms with Gasteiger partial charge in [-0.15, -0.1) is 0 Å². The van der Waals surface area contributed by atoms with Crippen LogP contribution in [0.5, 0.6) is 0 Å². The molecule has 10 nitrogen and oxygen atoms in total. The first-order valence-electron chi connectivity index (χ1n) is 22.8. The van der Waals surface area contributed by atoms with E-state index >= 15 is 0 Å². The fraction of sp³-hybridized carbons (Fsp3) is 0.729. The highest BCUT2D eigenvalue weighted by atomic mass is 31.2. The van der Waals surface area contributed by atoms with Gasteiger partial charge in [0.05, 0.1) is 46.6 Å². The third kappa shape index (κ3) is 45.2. The first-order valence-corrected chi connectivity index (χ1v) is 24.3. The Kier molecular flexibility index (Phi) is 38.5. The maximum atomic E-state index is 12.7. The van der Waals surface area contributed by atoms with Crippen LogP contribution in [0.1, 0.15) is 155 Å². The van der Waals surface area contributed by atoms with Crippen molar-refractivity contribution in [2.75, 3.05) is 54.1 Å². The summed E-state index contributed by atoms with van der Waals surface area (Å²) in [6.45, 7) is 4.88. The number of allylic oxidation sites excluding steroid dienone is 9. The maximum Gasteiger partial charge on any atom is 0.472 e. The first kappa shape index (κ1) is 56.9. The van der Waals surface area contributed by atoms with E-state index in [9.17, 15) is 24.5 Å². The van der Waals surface area contributed by atoms with E-state index in [0.29, 0.717) is 30.5 Å². The normalized spacial score (nSPS) is 15.5. The standard InChI is InChI=1S/C48H86NO9P/c1-6-7-8-9-10-11-12-13-14-15-16-19-22-25-30-35-41-55-43-47(44-57-59(53,54)56-42-40-49(3,4)5)58-48(52)39-34-27-24-21-18-17-20-23-26-32-37-46(51)38-33-29-28-31-36-45(2)50/h17-18,23-24,26-27,29,31-33,36-37,45-47,50-51H,6-16,19-22,25,28,30,34-35,38-44H2,1-5H3/p+1/b18-17+,26-23+,27-24+,33-29+,36-31-,37-32-. The molecule has 342 valence electrons. The Balaban J connectivity index is 4.42. The van der Waals surface area contributed by atoms with Crippen LogP contribution in [-0.4, -0.2) is 98.0 Å². The van der Waals surface area contributed by atoms with Gasteiger partial charge in [0.1, 0.15) is 19.3 Å². The second-order valence-corrected chi connectivity index (χ2v) is 18.0. The smallest absolute Gasteiger partial charge is 0.457 e. The lowest BCUT2D eigenvalue weighted by atomic mass is 10.0. The average Bonchev–Trinajstić information content (AvgIpc) is 3.17. The number of likely N-dealkylation sites (N-methyl/N-ethyl adjacent to an activating group) is 1. The highest BCUT2D eigenvalue weighted by Gasteiger charge is 2.26. The minimum Gasteiger partial charge on any atom is -0.457 e. The van der Waals surface area contributed by atoms with Crippen LogP contribution in [0.3, 0.4) is 0 Å². The summed E-state index contributed by atoms with van der Waals surface area (Å²) < 4.78 is 34.9. The van der Waals surface area contributed by atoms with E-state index in [0.717, 1.165) is 32.1 Å². The minimum atomic E-state index is -4.32. The van der Waals surface area contributed by atoms with Gasteiger partial charge < -0.3 is 29.1 Å². The molecule has 0 aliphatic carbocycles. The van der Waals surface area contributed by atoms with E-state index in [1.807, 2.05) is 75.8 Å². The molecular weight excluding hydrogens is 765 g/mol. The summed E-state index contributed by atoms with van der Waals surface area (Å²) in [4.78, 5) is 22.9. The molecule has 0 fully saturated rings. The van der Waals surface area contributed by atoms with Crippen LogP contribution >= 0.6 is 7.82 Å². The number of phosphoric acid groups is 1. The van der Waals surface area contributed by atoms with Crippen molar-refractivity contribution in [3.05, 3.63) is 72.9 Å². The van der Waals surface area contributed by atoms with Gasteiger partial charge in [0.25, 0.3) is 0 Å². The lowest BCUT2D eigenvalue weighted by Gasteiger charge is -2.24. The van der Waals surface area contributed by atoms with Crippen molar-refractivity contribution in [1.82, 2.24) is 0 Å². The highest BCUT2D eigenvalue weighted by Crippen LogP contribution is 2.43. The van der Waals surface area contributed by atoms with Crippen molar-refractivity contribution in [2.45, 2.75) is 173 Å². The lowest BCUT2D eigenvalue weighted by Crippen LogP contribution is -2.37. The lowest BCUT2D eigenvalue weighted by molar-refractivity contribution is -0.870. The Morgan fingerprint density at radius 2 is 1.19 bits per heavy atom. The van der Waals surface area contributed by atoms with Crippen LogP contribution in [-0.2, 0) is 27.9 Å². The topological polar surface area (TPSA) is 132 Å². The molecule has 0 bridgehead atoms. The largest absolute Gasteiger partial charge is 0.472 e. The SMILES string of the molecule is CCCCCCCCCCCCCCCCCCOCC(COP(=O)(O)OCC[N+](C)(C)C)OC(=O)CC/C=C/C/C=C/C/C=C/C=C\C(O)C/C=C/C/C=C\C(C)O. The number of carbonyl (C=O) groups excluding carboxylic acids is 1. The quantitative estimate of drug-likeness (QED) is 0.0137. The van der Waals surface area contributed by atoms with Crippen LogP contribution in [0.2, 0.25) is 0 Å². The molecule has 0 amide bonds. The van der Waals surface area contributed by atoms with Gasteiger partial charge in [-0.2, -0.15) is 0 Å². The summed E-state index contributed by atoms with van der Waals surface area (Å²) in [5.74, 6) is -0.423. The number of aliphatic hydroxyl groups is 2. The number of esters is 1. The number of hydrogen-bond acceptors (Lipinski definition) is 8. The zero-order valence-corrected chi connectivity index (χ0v) is 38.8. The van der Waals surface area contributed by atoms with E-state index in [2.05, 4.69) is 13.0 Å². The molecule has 4 unspecified atom stereocenters. The Hall–Kier alpha value is -2.14. The van der Waals surface area contributed by atoms with E-state index in [1.54, 1.807) is 19.1 Å². The Morgan fingerprint density at radius 1 is 0.644 bits per heavy atom. The van der Waals surface area contributed by atoms with Crippen molar-refractivity contribution in [1.29, 1.82) is 0 Å². The molecule has 0 aromatic rings. The van der Waals surface area contributed by atoms with Crippen molar-refractivity contribution in [3.63, 3.8) is 0 Å². The summed E-state index contributed by atoms with van der Waals surface area (Å²) >= 11 is 0.